The molecule has 4 N–H and O–H groups in total. The van der Waals surface area contributed by atoms with Crippen LogP contribution in [-0.2, 0) is 0 Å². The van der Waals surface area contributed by atoms with Crippen molar-refractivity contribution in [1.29, 1.82) is 0 Å². The van der Waals surface area contributed by atoms with Gasteiger partial charge < -0.3 is 20.9 Å². The molecule has 1 unspecified atom stereocenters. The van der Waals surface area contributed by atoms with E-state index in [1.807, 2.05) is 12.1 Å². The molecule has 1 atom stereocenters. The summed E-state index contributed by atoms with van der Waals surface area (Å²) in [6.45, 7) is 0.183. The van der Waals surface area contributed by atoms with Crippen molar-refractivity contribution < 1.29 is 14.6 Å². The molecule has 1 aromatic carbocycles. The van der Waals surface area contributed by atoms with Crippen molar-refractivity contribution in [3.63, 3.8) is 0 Å². The quantitative estimate of drug-likeness (QED) is 0.691. The Morgan fingerprint density at radius 1 is 1.67 bits per heavy atom. The van der Waals surface area contributed by atoms with E-state index in [4.69, 9.17) is 15.6 Å². The molecular weight excluding hydrogens is 196 g/mol. The second-order valence-corrected chi connectivity index (χ2v) is 3.07. The van der Waals surface area contributed by atoms with Gasteiger partial charge in [0.25, 0.3) is 0 Å². The van der Waals surface area contributed by atoms with Crippen molar-refractivity contribution in [3.05, 3.63) is 29.8 Å². The van der Waals surface area contributed by atoms with Gasteiger partial charge in [-0.25, -0.2) is 4.79 Å². The van der Waals surface area contributed by atoms with Crippen LogP contribution in [0.3, 0.4) is 0 Å². The highest BCUT2D eigenvalue weighted by Crippen LogP contribution is 2.16. The minimum Gasteiger partial charge on any atom is -0.497 e. The van der Waals surface area contributed by atoms with Crippen molar-refractivity contribution >= 4 is 6.09 Å². The molecule has 0 aromatic heterocycles. The van der Waals surface area contributed by atoms with Gasteiger partial charge in [0.1, 0.15) is 5.75 Å². The summed E-state index contributed by atoms with van der Waals surface area (Å²) in [5.74, 6) is 0.707. The first-order chi connectivity index (χ1) is 7.13. The zero-order valence-corrected chi connectivity index (χ0v) is 8.43. The third kappa shape index (κ3) is 3.47. The number of amides is 1. The van der Waals surface area contributed by atoms with Gasteiger partial charge in [-0.2, -0.15) is 0 Å². The van der Waals surface area contributed by atoms with Gasteiger partial charge in [0.2, 0.25) is 0 Å². The van der Waals surface area contributed by atoms with Crippen LogP contribution in [0.4, 0.5) is 4.79 Å². The number of nitrogens with two attached hydrogens (primary N) is 1. The number of carboxylic acid groups (broad SMARTS) is 1. The van der Waals surface area contributed by atoms with E-state index in [1.54, 1.807) is 19.2 Å². The Morgan fingerprint density at radius 3 is 3.00 bits per heavy atom. The monoisotopic (exact) mass is 210 g/mol. The number of rotatable bonds is 4. The van der Waals surface area contributed by atoms with Crippen LogP contribution in [0.2, 0.25) is 0 Å². The molecule has 0 fully saturated rings. The SMILES string of the molecule is COc1cccc(C(N)CNC(=O)O)c1. The first kappa shape index (κ1) is 11.3. The maximum Gasteiger partial charge on any atom is 0.404 e. The zero-order valence-electron chi connectivity index (χ0n) is 8.43. The summed E-state index contributed by atoms with van der Waals surface area (Å²) in [6.07, 6.45) is -1.08. The Labute approximate surface area is 87.9 Å². The highest BCUT2D eigenvalue weighted by atomic mass is 16.5. The minimum atomic E-state index is -1.08. The number of benzene rings is 1. The first-order valence-electron chi connectivity index (χ1n) is 4.50. The number of ether oxygens (including phenoxy) is 1. The molecule has 0 heterocycles. The Hall–Kier alpha value is -1.75. The molecule has 1 amide bonds. The molecule has 0 aliphatic carbocycles. The molecule has 0 aliphatic rings. The van der Waals surface area contributed by atoms with E-state index in [1.165, 1.54) is 0 Å². The molecular formula is C10H14N2O3. The molecule has 0 bridgehead atoms. The predicted molar refractivity (Wildman–Crippen MR) is 55.9 cm³/mol. The summed E-state index contributed by atoms with van der Waals surface area (Å²) >= 11 is 0. The molecule has 15 heavy (non-hydrogen) atoms. The highest BCUT2D eigenvalue weighted by Gasteiger charge is 2.07. The van der Waals surface area contributed by atoms with Gasteiger partial charge in [0, 0.05) is 12.6 Å². The fourth-order valence-electron chi connectivity index (χ4n) is 1.19. The van der Waals surface area contributed by atoms with Crippen molar-refractivity contribution in [2.45, 2.75) is 6.04 Å². The van der Waals surface area contributed by atoms with Gasteiger partial charge in [-0.1, -0.05) is 12.1 Å². The average Bonchev–Trinajstić information content (AvgIpc) is 2.26. The Kier molecular flexibility index (Phi) is 3.93. The Balaban J connectivity index is 2.64. The van der Waals surface area contributed by atoms with Crippen LogP contribution < -0.4 is 15.8 Å². The summed E-state index contributed by atoms with van der Waals surface area (Å²) in [5, 5.41) is 10.7. The van der Waals surface area contributed by atoms with Gasteiger partial charge in [-0.05, 0) is 17.7 Å². The van der Waals surface area contributed by atoms with Gasteiger partial charge in [0.05, 0.1) is 7.11 Å². The van der Waals surface area contributed by atoms with E-state index in [2.05, 4.69) is 5.32 Å². The maximum atomic E-state index is 10.3. The van der Waals surface area contributed by atoms with Crippen molar-refractivity contribution in [2.24, 2.45) is 5.73 Å². The third-order valence-electron chi connectivity index (χ3n) is 2.00. The molecule has 1 rings (SSSR count). The molecule has 5 nitrogen and oxygen atoms in total. The summed E-state index contributed by atoms with van der Waals surface area (Å²) in [6, 6.07) is 6.87. The number of carbonyl (C=O) groups is 1. The number of hydrogen-bond donors (Lipinski definition) is 3. The second-order valence-electron chi connectivity index (χ2n) is 3.07. The lowest BCUT2D eigenvalue weighted by molar-refractivity contribution is 0.193. The molecule has 0 aliphatic heterocycles. The lowest BCUT2D eigenvalue weighted by Crippen LogP contribution is -2.30. The van der Waals surface area contributed by atoms with Gasteiger partial charge in [-0.15, -0.1) is 0 Å². The summed E-state index contributed by atoms with van der Waals surface area (Å²) in [4.78, 5) is 10.3. The fraction of sp³-hybridized carbons (Fsp3) is 0.300. The molecule has 0 saturated carbocycles. The third-order valence-corrected chi connectivity index (χ3v) is 2.00. The highest BCUT2D eigenvalue weighted by molar-refractivity contribution is 5.64. The van der Waals surface area contributed by atoms with Crippen LogP contribution in [0.15, 0.2) is 24.3 Å². The molecule has 1 aromatic rings. The van der Waals surface area contributed by atoms with Crippen molar-refractivity contribution in [3.8, 4) is 5.75 Å². The molecule has 0 saturated heterocycles. The smallest absolute Gasteiger partial charge is 0.404 e. The maximum absolute atomic E-state index is 10.3. The van der Waals surface area contributed by atoms with Crippen molar-refractivity contribution in [1.82, 2.24) is 5.32 Å². The largest absolute Gasteiger partial charge is 0.497 e. The topological polar surface area (TPSA) is 84.6 Å². The Bertz CT molecular complexity index is 341. The van der Waals surface area contributed by atoms with Gasteiger partial charge in [-0.3, -0.25) is 0 Å². The standard InChI is InChI=1S/C10H14N2O3/c1-15-8-4-2-3-7(5-8)9(11)6-12-10(13)14/h2-5,9,12H,6,11H2,1H3,(H,13,14). The van der Waals surface area contributed by atoms with E-state index < -0.39 is 6.09 Å². The fourth-order valence-corrected chi connectivity index (χ4v) is 1.19. The number of hydrogen-bond acceptors (Lipinski definition) is 3. The van der Waals surface area contributed by atoms with Crippen LogP contribution in [0.1, 0.15) is 11.6 Å². The normalized spacial score (nSPS) is 11.9. The van der Waals surface area contributed by atoms with Gasteiger partial charge in [0.15, 0.2) is 0 Å². The lowest BCUT2D eigenvalue weighted by atomic mass is 10.1. The van der Waals surface area contributed by atoms with Crippen LogP contribution in [0.5, 0.6) is 5.75 Å². The number of nitrogens with one attached hydrogen (secondary N) is 1. The zero-order chi connectivity index (χ0) is 11.3. The van der Waals surface area contributed by atoms with E-state index in [-0.39, 0.29) is 12.6 Å². The van der Waals surface area contributed by atoms with E-state index >= 15 is 0 Å². The van der Waals surface area contributed by atoms with Crippen molar-refractivity contribution in [2.75, 3.05) is 13.7 Å². The van der Waals surface area contributed by atoms with Crippen LogP contribution in [0.25, 0.3) is 0 Å². The molecule has 0 spiro atoms. The molecule has 82 valence electrons. The Morgan fingerprint density at radius 2 is 2.40 bits per heavy atom. The van der Waals surface area contributed by atoms with Gasteiger partial charge >= 0.3 is 6.09 Å². The second kappa shape index (κ2) is 5.21. The van der Waals surface area contributed by atoms with Crippen LogP contribution >= 0.6 is 0 Å². The predicted octanol–water partition coefficient (Wildman–Crippen LogP) is 0.963. The van der Waals surface area contributed by atoms with Crippen LogP contribution in [0, 0.1) is 0 Å². The molecule has 5 heteroatoms. The minimum absolute atomic E-state index is 0.183. The number of methoxy groups -OCH3 is 1. The first-order valence-corrected chi connectivity index (χ1v) is 4.50. The summed E-state index contributed by atoms with van der Waals surface area (Å²) in [5.41, 5.74) is 6.62. The lowest BCUT2D eigenvalue weighted by Gasteiger charge is -2.12. The van der Waals surface area contributed by atoms with E-state index in [0.717, 1.165) is 5.56 Å². The van der Waals surface area contributed by atoms with Crippen LogP contribution in [-0.4, -0.2) is 24.9 Å². The summed E-state index contributed by atoms with van der Waals surface area (Å²) < 4.78 is 5.04. The molecule has 0 radical (unpaired) electrons. The van der Waals surface area contributed by atoms with E-state index in [9.17, 15) is 4.79 Å². The summed E-state index contributed by atoms with van der Waals surface area (Å²) in [7, 11) is 1.57. The average molecular weight is 210 g/mol. The van der Waals surface area contributed by atoms with E-state index in [0.29, 0.717) is 5.75 Å².